The third-order valence-corrected chi connectivity index (χ3v) is 4.18. The first-order valence-electron chi connectivity index (χ1n) is 6.91. The standard InChI is InChI=1S/C14H24N2O/c1-10(11-5-3-2-4-6-11)16-14(17)12-7-8-13(15)9-12/h7-8,10-13H,2-6,9,15H2,1H3,(H,16,17)/t10-,12?,13?/m0/s1. The minimum Gasteiger partial charge on any atom is -0.353 e. The lowest BCUT2D eigenvalue weighted by Gasteiger charge is -2.29. The van der Waals surface area contributed by atoms with Crippen LogP contribution in [0.3, 0.4) is 0 Å². The Labute approximate surface area is 104 Å². The minimum atomic E-state index is -0.00367. The number of carbonyl (C=O) groups is 1. The lowest BCUT2D eigenvalue weighted by atomic mass is 9.84. The molecule has 0 radical (unpaired) electrons. The monoisotopic (exact) mass is 236 g/mol. The Balaban J connectivity index is 1.79. The van der Waals surface area contributed by atoms with E-state index in [1.807, 2.05) is 12.2 Å². The summed E-state index contributed by atoms with van der Waals surface area (Å²) < 4.78 is 0. The van der Waals surface area contributed by atoms with E-state index in [9.17, 15) is 4.79 Å². The van der Waals surface area contributed by atoms with Gasteiger partial charge < -0.3 is 11.1 Å². The summed E-state index contributed by atoms with van der Waals surface area (Å²) >= 11 is 0. The van der Waals surface area contributed by atoms with Crippen molar-refractivity contribution in [2.45, 2.75) is 57.5 Å². The highest BCUT2D eigenvalue weighted by Gasteiger charge is 2.26. The van der Waals surface area contributed by atoms with Crippen LogP contribution in [0, 0.1) is 11.8 Å². The molecule has 3 atom stereocenters. The number of nitrogens with two attached hydrogens (primary N) is 1. The van der Waals surface area contributed by atoms with Crippen LogP contribution in [0.2, 0.25) is 0 Å². The molecule has 96 valence electrons. The van der Waals surface area contributed by atoms with E-state index in [4.69, 9.17) is 5.73 Å². The molecule has 2 aliphatic rings. The van der Waals surface area contributed by atoms with Gasteiger partial charge in [-0.2, -0.15) is 0 Å². The third kappa shape index (κ3) is 3.32. The largest absolute Gasteiger partial charge is 0.353 e. The molecule has 0 bridgehead atoms. The molecule has 1 saturated carbocycles. The Morgan fingerprint density at radius 3 is 2.59 bits per heavy atom. The van der Waals surface area contributed by atoms with Gasteiger partial charge in [0, 0.05) is 12.1 Å². The van der Waals surface area contributed by atoms with Gasteiger partial charge >= 0.3 is 0 Å². The SMILES string of the molecule is C[C@H](NC(=O)C1C=CC(N)C1)C1CCCCC1. The van der Waals surface area contributed by atoms with E-state index < -0.39 is 0 Å². The molecular formula is C14H24N2O. The molecule has 1 fully saturated rings. The van der Waals surface area contributed by atoms with Gasteiger partial charge in [-0.25, -0.2) is 0 Å². The molecule has 2 unspecified atom stereocenters. The van der Waals surface area contributed by atoms with Crippen molar-refractivity contribution in [3.8, 4) is 0 Å². The first-order chi connectivity index (χ1) is 8.16. The number of hydrogen-bond donors (Lipinski definition) is 2. The molecule has 3 heteroatoms. The second kappa shape index (κ2) is 5.67. The number of carbonyl (C=O) groups excluding carboxylic acids is 1. The summed E-state index contributed by atoms with van der Waals surface area (Å²) in [7, 11) is 0. The Morgan fingerprint density at radius 1 is 1.29 bits per heavy atom. The van der Waals surface area contributed by atoms with Crippen molar-refractivity contribution in [2.75, 3.05) is 0 Å². The summed E-state index contributed by atoms with van der Waals surface area (Å²) in [6, 6.07) is 0.378. The van der Waals surface area contributed by atoms with Gasteiger partial charge in [-0.1, -0.05) is 31.4 Å². The summed E-state index contributed by atoms with van der Waals surface area (Å²) in [5, 5.41) is 3.17. The Morgan fingerprint density at radius 2 is 2.00 bits per heavy atom. The van der Waals surface area contributed by atoms with E-state index in [1.54, 1.807) is 0 Å². The molecule has 2 rings (SSSR count). The van der Waals surface area contributed by atoms with Gasteiger partial charge in [-0.05, 0) is 32.1 Å². The molecule has 3 nitrogen and oxygen atoms in total. The van der Waals surface area contributed by atoms with E-state index in [2.05, 4.69) is 12.2 Å². The normalized spacial score (nSPS) is 31.4. The minimum absolute atomic E-state index is 0.00367. The number of hydrogen-bond acceptors (Lipinski definition) is 2. The van der Waals surface area contributed by atoms with Crippen LogP contribution in [0.15, 0.2) is 12.2 Å². The van der Waals surface area contributed by atoms with Crippen molar-refractivity contribution < 1.29 is 4.79 Å². The zero-order valence-electron chi connectivity index (χ0n) is 10.7. The first-order valence-corrected chi connectivity index (χ1v) is 6.91. The molecule has 2 aliphatic carbocycles. The molecule has 0 aromatic heterocycles. The molecular weight excluding hydrogens is 212 g/mol. The highest BCUT2D eigenvalue weighted by atomic mass is 16.1. The quantitative estimate of drug-likeness (QED) is 0.736. The van der Waals surface area contributed by atoms with Crippen molar-refractivity contribution in [1.29, 1.82) is 0 Å². The lowest BCUT2D eigenvalue weighted by molar-refractivity contribution is -0.124. The van der Waals surface area contributed by atoms with Gasteiger partial charge in [0.15, 0.2) is 0 Å². The summed E-state index contributed by atoms with van der Waals surface area (Å²) in [6.07, 6.45) is 11.2. The maximum absolute atomic E-state index is 12.0. The van der Waals surface area contributed by atoms with Crippen LogP contribution < -0.4 is 11.1 Å². The maximum atomic E-state index is 12.0. The van der Waals surface area contributed by atoms with Gasteiger partial charge in [0.1, 0.15) is 0 Å². The van der Waals surface area contributed by atoms with Crippen LogP contribution in [0.1, 0.15) is 45.4 Å². The second-order valence-corrected chi connectivity index (χ2v) is 5.59. The van der Waals surface area contributed by atoms with E-state index in [0.29, 0.717) is 12.0 Å². The summed E-state index contributed by atoms with van der Waals surface area (Å²) in [4.78, 5) is 12.0. The molecule has 1 amide bonds. The average Bonchev–Trinajstić information content (AvgIpc) is 2.77. The number of nitrogens with one attached hydrogen (secondary N) is 1. The van der Waals surface area contributed by atoms with Crippen molar-refractivity contribution in [3.63, 3.8) is 0 Å². The fourth-order valence-corrected chi connectivity index (χ4v) is 3.01. The molecule has 0 heterocycles. The van der Waals surface area contributed by atoms with Crippen LogP contribution in [-0.2, 0) is 4.79 Å². The summed E-state index contributed by atoms with van der Waals surface area (Å²) in [5.41, 5.74) is 5.77. The number of amides is 1. The predicted molar refractivity (Wildman–Crippen MR) is 69.4 cm³/mol. The van der Waals surface area contributed by atoms with Crippen molar-refractivity contribution in [2.24, 2.45) is 17.6 Å². The number of rotatable bonds is 3. The van der Waals surface area contributed by atoms with E-state index in [1.165, 1.54) is 32.1 Å². The maximum Gasteiger partial charge on any atom is 0.227 e. The van der Waals surface area contributed by atoms with E-state index in [0.717, 1.165) is 6.42 Å². The molecule has 0 aromatic rings. The predicted octanol–water partition coefficient (Wildman–Crippen LogP) is 1.97. The Bertz CT molecular complexity index is 295. The topological polar surface area (TPSA) is 55.1 Å². The fourth-order valence-electron chi connectivity index (χ4n) is 3.01. The molecule has 3 N–H and O–H groups in total. The van der Waals surface area contributed by atoms with Gasteiger partial charge in [0.2, 0.25) is 5.91 Å². The highest BCUT2D eigenvalue weighted by molar-refractivity contribution is 5.81. The Hall–Kier alpha value is -0.830. The van der Waals surface area contributed by atoms with Crippen LogP contribution in [0.4, 0.5) is 0 Å². The molecule has 0 spiro atoms. The zero-order valence-corrected chi connectivity index (χ0v) is 10.7. The highest BCUT2D eigenvalue weighted by Crippen LogP contribution is 2.26. The summed E-state index contributed by atoms with van der Waals surface area (Å²) in [5.74, 6) is 0.829. The van der Waals surface area contributed by atoms with Gasteiger partial charge in [-0.3, -0.25) is 4.79 Å². The lowest BCUT2D eigenvalue weighted by Crippen LogP contribution is -2.41. The first kappa shape index (κ1) is 12.6. The molecule has 0 aliphatic heterocycles. The van der Waals surface area contributed by atoms with Gasteiger partial charge in [0.05, 0.1) is 5.92 Å². The van der Waals surface area contributed by atoms with Crippen LogP contribution in [-0.4, -0.2) is 18.0 Å². The van der Waals surface area contributed by atoms with Crippen molar-refractivity contribution in [1.82, 2.24) is 5.32 Å². The zero-order chi connectivity index (χ0) is 12.3. The van der Waals surface area contributed by atoms with E-state index in [-0.39, 0.29) is 17.9 Å². The van der Waals surface area contributed by atoms with Crippen LogP contribution in [0.25, 0.3) is 0 Å². The van der Waals surface area contributed by atoms with Gasteiger partial charge in [0.25, 0.3) is 0 Å². The molecule has 0 aromatic carbocycles. The second-order valence-electron chi connectivity index (χ2n) is 5.59. The fraction of sp³-hybridized carbons (Fsp3) is 0.786. The Kier molecular flexibility index (Phi) is 4.21. The van der Waals surface area contributed by atoms with Crippen LogP contribution in [0.5, 0.6) is 0 Å². The van der Waals surface area contributed by atoms with Crippen molar-refractivity contribution >= 4 is 5.91 Å². The summed E-state index contributed by atoms with van der Waals surface area (Å²) in [6.45, 7) is 2.15. The molecule has 17 heavy (non-hydrogen) atoms. The van der Waals surface area contributed by atoms with Gasteiger partial charge in [-0.15, -0.1) is 0 Å². The smallest absolute Gasteiger partial charge is 0.227 e. The molecule has 0 saturated heterocycles. The van der Waals surface area contributed by atoms with Crippen LogP contribution >= 0.6 is 0 Å². The average molecular weight is 236 g/mol. The third-order valence-electron chi connectivity index (χ3n) is 4.18. The van der Waals surface area contributed by atoms with E-state index >= 15 is 0 Å². The van der Waals surface area contributed by atoms with Crippen molar-refractivity contribution in [3.05, 3.63) is 12.2 Å².